The van der Waals surface area contributed by atoms with Crippen molar-refractivity contribution in [2.24, 2.45) is 5.92 Å². The maximum Gasteiger partial charge on any atom is 0.134 e. The molecular weight excluding hydrogens is 200 g/mol. The van der Waals surface area contributed by atoms with Crippen LogP contribution in [0, 0.1) is 5.92 Å². The number of anilines is 1. The fraction of sp³-hybridized carbons (Fsp3) is 0.667. The maximum atomic E-state index is 4.35. The molecule has 16 heavy (non-hydrogen) atoms. The second kappa shape index (κ2) is 4.37. The van der Waals surface area contributed by atoms with Crippen LogP contribution in [0.4, 0.5) is 5.82 Å². The Bertz CT molecular complexity index is 371. The summed E-state index contributed by atoms with van der Waals surface area (Å²) in [6, 6.07) is 0. The van der Waals surface area contributed by atoms with Gasteiger partial charge in [0, 0.05) is 25.2 Å². The summed E-state index contributed by atoms with van der Waals surface area (Å²) in [5, 5.41) is 6.81. The number of hydrogen-bond acceptors (Lipinski definition) is 4. The van der Waals surface area contributed by atoms with Crippen LogP contribution in [0.25, 0.3) is 0 Å². The normalized spacial score (nSPS) is 20.0. The van der Waals surface area contributed by atoms with Crippen molar-refractivity contribution in [1.29, 1.82) is 0 Å². The summed E-state index contributed by atoms with van der Waals surface area (Å²) >= 11 is 0. The lowest BCUT2D eigenvalue weighted by Gasteiger charge is -2.13. The fourth-order valence-electron chi connectivity index (χ4n) is 2.70. The highest BCUT2D eigenvalue weighted by atomic mass is 15.1. The van der Waals surface area contributed by atoms with E-state index in [0.29, 0.717) is 0 Å². The molecule has 0 saturated heterocycles. The minimum absolute atomic E-state index is 0.847. The molecule has 0 atom stereocenters. The summed E-state index contributed by atoms with van der Waals surface area (Å²) in [7, 11) is 0. The van der Waals surface area contributed by atoms with Gasteiger partial charge in [0.1, 0.15) is 12.1 Å². The Labute approximate surface area is 95.9 Å². The molecule has 0 spiro atoms. The second-order valence-corrected chi connectivity index (χ2v) is 4.78. The topological polar surface area (TPSA) is 49.8 Å². The molecule has 1 aliphatic heterocycles. The molecule has 4 heteroatoms. The standard InChI is InChI=1S/C12H18N4/c1-2-4-9(3-1)5-14-12-10-6-13-7-11(10)15-8-16-12/h8-9,13H,1-7H2,(H,14,15,16). The molecule has 1 aliphatic carbocycles. The van der Waals surface area contributed by atoms with E-state index in [0.717, 1.165) is 37.1 Å². The van der Waals surface area contributed by atoms with Gasteiger partial charge in [-0.25, -0.2) is 9.97 Å². The van der Waals surface area contributed by atoms with Gasteiger partial charge in [0.2, 0.25) is 0 Å². The number of fused-ring (bicyclic) bond motifs is 1. The SMILES string of the molecule is c1nc2c(c(NCC3CCCC3)n1)CNC2. The summed E-state index contributed by atoms with van der Waals surface area (Å²) in [4.78, 5) is 8.64. The minimum Gasteiger partial charge on any atom is -0.369 e. The van der Waals surface area contributed by atoms with Crippen LogP contribution in [0.5, 0.6) is 0 Å². The highest BCUT2D eigenvalue weighted by molar-refractivity contribution is 5.47. The maximum absolute atomic E-state index is 4.35. The fourth-order valence-corrected chi connectivity index (χ4v) is 2.70. The molecule has 0 bridgehead atoms. The van der Waals surface area contributed by atoms with Crippen molar-refractivity contribution in [2.45, 2.75) is 38.8 Å². The first-order valence-electron chi connectivity index (χ1n) is 6.21. The van der Waals surface area contributed by atoms with Crippen LogP contribution >= 0.6 is 0 Å². The second-order valence-electron chi connectivity index (χ2n) is 4.78. The Balaban J connectivity index is 1.67. The smallest absolute Gasteiger partial charge is 0.134 e. The van der Waals surface area contributed by atoms with E-state index in [9.17, 15) is 0 Å². The molecule has 2 aliphatic rings. The van der Waals surface area contributed by atoms with Crippen molar-refractivity contribution in [1.82, 2.24) is 15.3 Å². The molecule has 0 aromatic carbocycles. The van der Waals surface area contributed by atoms with Crippen LogP contribution in [0.15, 0.2) is 6.33 Å². The van der Waals surface area contributed by atoms with Crippen LogP contribution in [0.2, 0.25) is 0 Å². The molecule has 1 aromatic heterocycles. The molecule has 1 aromatic rings. The van der Waals surface area contributed by atoms with E-state index >= 15 is 0 Å². The molecular formula is C12H18N4. The molecule has 2 N–H and O–H groups in total. The average Bonchev–Trinajstić information content (AvgIpc) is 2.97. The van der Waals surface area contributed by atoms with Crippen LogP contribution in [0.1, 0.15) is 36.9 Å². The molecule has 1 saturated carbocycles. The van der Waals surface area contributed by atoms with Gasteiger partial charge in [-0.05, 0) is 18.8 Å². The number of aromatic nitrogens is 2. The van der Waals surface area contributed by atoms with Gasteiger partial charge in [0.15, 0.2) is 0 Å². The third kappa shape index (κ3) is 1.89. The predicted molar refractivity (Wildman–Crippen MR) is 63.0 cm³/mol. The Kier molecular flexibility index (Phi) is 2.74. The Hall–Kier alpha value is -1.16. The average molecular weight is 218 g/mol. The third-order valence-corrected chi connectivity index (χ3v) is 3.66. The molecule has 2 heterocycles. The van der Waals surface area contributed by atoms with Gasteiger partial charge in [-0.15, -0.1) is 0 Å². The van der Waals surface area contributed by atoms with E-state index in [1.54, 1.807) is 6.33 Å². The van der Waals surface area contributed by atoms with E-state index in [1.165, 1.54) is 31.2 Å². The lowest BCUT2D eigenvalue weighted by molar-refractivity contribution is 0.578. The highest BCUT2D eigenvalue weighted by Crippen LogP contribution is 2.26. The number of nitrogens with zero attached hydrogens (tertiary/aromatic N) is 2. The zero-order chi connectivity index (χ0) is 10.8. The van der Waals surface area contributed by atoms with Gasteiger partial charge in [0.05, 0.1) is 5.69 Å². The zero-order valence-corrected chi connectivity index (χ0v) is 9.50. The van der Waals surface area contributed by atoms with Gasteiger partial charge in [0.25, 0.3) is 0 Å². The van der Waals surface area contributed by atoms with Crippen molar-refractivity contribution in [3.63, 3.8) is 0 Å². The van der Waals surface area contributed by atoms with Crippen LogP contribution in [-0.2, 0) is 13.1 Å². The van der Waals surface area contributed by atoms with Gasteiger partial charge in [-0.3, -0.25) is 0 Å². The van der Waals surface area contributed by atoms with Crippen LogP contribution < -0.4 is 10.6 Å². The number of nitrogens with one attached hydrogen (secondary N) is 2. The Morgan fingerprint density at radius 3 is 3.00 bits per heavy atom. The predicted octanol–water partition coefficient (Wildman–Crippen LogP) is 1.68. The van der Waals surface area contributed by atoms with Crippen molar-refractivity contribution in [3.05, 3.63) is 17.6 Å². The largest absolute Gasteiger partial charge is 0.369 e. The summed E-state index contributed by atoms with van der Waals surface area (Å²) in [5.41, 5.74) is 2.42. The Morgan fingerprint density at radius 2 is 2.12 bits per heavy atom. The first kappa shape index (κ1) is 10.0. The van der Waals surface area contributed by atoms with Gasteiger partial charge >= 0.3 is 0 Å². The summed E-state index contributed by atoms with van der Waals surface area (Å²) in [5.74, 6) is 1.89. The summed E-state index contributed by atoms with van der Waals surface area (Å²) in [6.07, 6.45) is 7.21. The van der Waals surface area contributed by atoms with E-state index < -0.39 is 0 Å². The van der Waals surface area contributed by atoms with Gasteiger partial charge < -0.3 is 10.6 Å². The van der Waals surface area contributed by atoms with Crippen molar-refractivity contribution >= 4 is 5.82 Å². The van der Waals surface area contributed by atoms with Crippen molar-refractivity contribution in [2.75, 3.05) is 11.9 Å². The molecule has 4 nitrogen and oxygen atoms in total. The highest BCUT2D eigenvalue weighted by Gasteiger charge is 2.18. The first-order chi connectivity index (χ1) is 7.93. The number of hydrogen-bond donors (Lipinski definition) is 2. The first-order valence-corrected chi connectivity index (χ1v) is 6.21. The molecule has 1 fully saturated rings. The van der Waals surface area contributed by atoms with E-state index in [2.05, 4.69) is 20.6 Å². The van der Waals surface area contributed by atoms with Gasteiger partial charge in [-0.2, -0.15) is 0 Å². The molecule has 0 unspecified atom stereocenters. The third-order valence-electron chi connectivity index (χ3n) is 3.66. The van der Waals surface area contributed by atoms with Crippen LogP contribution in [0.3, 0.4) is 0 Å². The van der Waals surface area contributed by atoms with Crippen molar-refractivity contribution < 1.29 is 0 Å². The van der Waals surface area contributed by atoms with Crippen LogP contribution in [-0.4, -0.2) is 16.5 Å². The van der Waals surface area contributed by atoms with Gasteiger partial charge in [-0.1, -0.05) is 12.8 Å². The van der Waals surface area contributed by atoms with Crippen molar-refractivity contribution in [3.8, 4) is 0 Å². The monoisotopic (exact) mass is 218 g/mol. The summed E-state index contributed by atoms with van der Waals surface area (Å²) < 4.78 is 0. The lowest BCUT2D eigenvalue weighted by atomic mass is 10.1. The van der Waals surface area contributed by atoms with E-state index in [4.69, 9.17) is 0 Å². The quantitative estimate of drug-likeness (QED) is 0.810. The molecule has 0 radical (unpaired) electrons. The molecule has 3 rings (SSSR count). The zero-order valence-electron chi connectivity index (χ0n) is 9.50. The molecule has 0 amide bonds. The lowest BCUT2D eigenvalue weighted by Crippen LogP contribution is -2.13. The molecule has 86 valence electrons. The van der Waals surface area contributed by atoms with E-state index in [-0.39, 0.29) is 0 Å². The van der Waals surface area contributed by atoms with E-state index in [1.807, 2.05) is 0 Å². The minimum atomic E-state index is 0.847. The number of rotatable bonds is 3. The Morgan fingerprint density at radius 1 is 1.25 bits per heavy atom. The summed E-state index contributed by atoms with van der Waals surface area (Å²) in [6.45, 7) is 2.86.